The molecule has 0 aliphatic carbocycles. The summed E-state index contributed by atoms with van der Waals surface area (Å²) in [5, 5.41) is 1.13. The molecule has 0 spiro atoms. The van der Waals surface area contributed by atoms with E-state index in [1.807, 2.05) is 72.8 Å². The van der Waals surface area contributed by atoms with Crippen LogP contribution >= 0.6 is 0 Å². The molecule has 0 N–H and O–H groups in total. The van der Waals surface area contributed by atoms with Gasteiger partial charge in [0.1, 0.15) is 18.1 Å². The second-order valence-electron chi connectivity index (χ2n) is 6.29. The Bertz CT molecular complexity index is 1140. The number of fused-ring (bicyclic) bond motifs is 1. The molecule has 136 valence electrons. The first-order chi connectivity index (χ1) is 13.8. The SMILES string of the molecule is COc1ccc(C#Cc2ccc(OCc3ccc4ccccc4n3)cc2)cc1. The zero-order chi connectivity index (χ0) is 19.2. The van der Waals surface area contributed by atoms with Crippen molar-refractivity contribution in [1.29, 1.82) is 0 Å². The summed E-state index contributed by atoms with van der Waals surface area (Å²) in [4.78, 5) is 4.63. The molecular weight excluding hydrogens is 346 g/mol. The Morgan fingerprint density at radius 3 is 2.04 bits per heavy atom. The molecule has 3 heteroatoms. The van der Waals surface area contributed by atoms with Crippen LogP contribution in [0.3, 0.4) is 0 Å². The Kier molecular flexibility index (Phi) is 5.22. The van der Waals surface area contributed by atoms with Crippen LogP contribution in [0.15, 0.2) is 84.9 Å². The lowest BCUT2D eigenvalue weighted by molar-refractivity contribution is 0.302. The van der Waals surface area contributed by atoms with Gasteiger partial charge in [-0.15, -0.1) is 0 Å². The van der Waals surface area contributed by atoms with Crippen LogP contribution in [0.25, 0.3) is 10.9 Å². The topological polar surface area (TPSA) is 31.4 Å². The molecule has 0 aliphatic rings. The molecule has 1 heterocycles. The number of nitrogens with zero attached hydrogens (tertiary/aromatic N) is 1. The van der Waals surface area contributed by atoms with Crippen molar-refractivity contribution in [3.8, 4) is 23.3 Å². The Balaban J connectivity index is 1.39. The van der Waals surface area contributed by atoms with Crippen LogP contribution in [-0.4, -0.2) is 12.1 Å². The fourth-order valence-electron chi connectivity index (χ4n) is 2.80. The molecule has 0 saturated heterocycles. The minimum atomic E-state index is 0.432. The third kappa shape index (κ3) is 4.31. The molecule has 0 aliphatic heterocycles. The minimum Gasteiger partial charge on any atom is -0.497 e. The zero-order valence-corrected chi connectivity index (χ0v) is 15.6. The fourth-order valence-corrected chi connectivity index (χ4v) is 2.80. The van der Waals surface area contributed by atoms with Gasteiger partial charge in [0.15, 0.2) is 0 Å². The average molecular weight is 365 g/mol. The Hall–Kier alpha value is -3.77. The third-order valence-electron chi connectivity index (χ3n) is 4.34. The van der Waals surface area contributed by atoms with Crippen molar-refractivity contribution < 1.29 is 9.47 Å². The van der Waals surface area contributed by atoms with Crippen LogP contribution in [0.1, 0.15) is 16.8 Å². The van der Waals surface area contributed by atoms with Gasteiger partial charge in [0.25, 0.3) is 0 Å². The molecule has 4 aromatic rings. The Morgan fingerprint density at radius 2 is 1.36 bits per heavy atom. The monoisotopic (exact) mass is 365 g/mol. The molecule has 3 nitrogen and oxygen atoms in total. The van der Waals surface area contributed by atoms with Gasteiger partial charge in [0.2, 0.25) is 0 Å². The first-order valence-electron chi connectivity index (χ1n) is 9.04. The van der Waals surface area contributed by atoms with Gasteiger partial charge in [0.05, 0.1) is 18.3 Å². The molecule has 3 aromatic carbocycles. The van der Waals surface area contributed by atoms with Crippen LogP contribution in [0.4, 0.5) is 0 Å². The van der Waals surface area contributed by atoms with Gasteiger partial charge in [-0.3, -0.25) is 0 Å². The van der Waals surface area contributed by atoms with E-state index >= 15 is 0 Å². The maximum atomic E-state index is 5.86. The number of aromatic nitrogens is 1. The second-order valence-corrected chi connectivity index (χ2v) is 6.29. The van der Waals surface area contributed by atoms with Gasteiger partial charge in [-0.05, 0) is 60.7 Å². The summed E-state index contributed by atoms with van der Waals surface area (Å²) < 4.78 is 11.0. The van der Waals surface area contributed by atoms with Gasteiger partial charge < -0.3 is 9.47 Å². The lowest BCUT2D eigenvalue weighted by atomic mass is 10.2. The number of para-hydroxylation sites is 1. The standard InChI is InChI=1S/C25H19NO2/c1-27-23-14-8-19(9-15-23)6-7-20-10-16-24(17-11-20)28-18-22-13-12-21-4-2-3-5-25(21)26-22/h2-5,8-17H,18H2,1H3. The number of ether oxygens (including phenoxy) is 2. The summed E-state index contributed by atoms with van der Waals surface area (Å²) in [7, 11) is 1.65. The summed E-state index contributed by atoms with van der Waals surface area (Å²) in [6, 6.07) is 27.6. The molecule has 0 bridgehead atoms. The highest BCUT2D eigenvalue weighted by Crippen LogP contribution is 2.16. The lowest BCUT2D eigenvalue weighted by Crippen LogP contribution is -1.98. The summed E-state index contributed by atoms with van der Waals surface area (Å²) in [6.07, 6.45) is 0. The van der Waals surface area contributed by atoms with Crippen LogP contribution in [0.2, 0.25) is 0 Å². The van der Waals surface area contributed by atoms with E-state index < -0.39 is 0 Å². The highest BCUT2D eigenvalue weighted by atomic mass is 16.5. The third-order valence-corrected chi connectivity index (χ3v) is 4.34. The van der Waals surface area contributed by atoms with Crippen molar-refractivity contribution in [2.75, 3.05) is 7.11 Å². The molecule has 0 radical (unpaired) electrons. The minimum absolute atomic E-state index is 0.432. The molecule has 0 atom stereocenters. The van der Waals surface area contributed by atoms with Crippen molar-refractivity contribution >= 4 is 10.9 Å². The molecule has 0 saturated carbocycles. The quantitative estimate of drug-likeness (QED) is 0.465. The van der Waals surface area contributed by atoms with Gasteiger partial charge in [-0.1, -0.05) is 36.1 Å². The molecule has 1 aromatic heterocycles. The van der Waals surface area contributed by atoms with Crippen molar-refractivity contribution in [2.45, 2.75) is 6.61 Å². The predicted molar refractivity (Wildman–Crippen MR) is 111 cm³/mol. The first kappa shape index (κ1) is 17.6. The van der Waals surface area contributed by atoms with E-state index in [-0.39, 0.29) is 0 Å². The highest BCUT2D eigenvalue weighted by molar-refractivity contribution is 5.78. The van der Waals surface area contributed by atoms with Crippen molar-refractivity contribution in [3.05, 3.63) is 102 Å². The van der Waals surface area contributed by atoms with Crippen molar-refractivity contribution in [2.24, 2.45) is 0 Å². The van der Waals surface area contributed by atoms with Crippen LogP contribution in [-0.2, 0) is 6.61 Å². The van der Waals surface area contributed by atoms with Crippen molar-refractivity contribution in [1.82, 2.24) is 4.98 Å². The van der Waals surface area contributed by atoms with E-state index in [4.69, 9.17) is 9.47 Å². The highest BCUT2D eigenvalue weighted by Gasteiger charge is 2.00. The van der Waals surface area contributed by atoms with Gasteiger partial charge in [0, 0.05) is 16.5 Å². The van der Waals surface area contributed by atoms with E-state index in [1.54, 1.807) is 7.11 Å². The summed E-state index contributed by atoms with van der Waals surface area (Å²) >= 11 is 0. The maximum Gasteiger partial charge on any atom is 0.130 e. The molecule has 0 unspecified atom stereocenters. The Morgan fingerprint density at radius 1 is 0.714 bits per heavy atom. The molecule has 0 fully saturated rings. The van der Waals surface area contributed by atoms with Crippen LogP contribution in [0, 0.1) is 11.8 Å². The smallest absolute Gasteiger partial charge is 0.130 e. The lowest BCUT2D eigenvalue weighted by Gasteiger charge is -2.06. The number of benzene rings is 3. The number of rotatable bonds is 4. The largest absolute Gasteiger partial charge is 0.497 e. The van der Waals surface area contributed by atoms with E-state index in [2.05, 4.69) is 29.0 Å². The van der Waals surface area contributed by atoms with E-state index in [9.17, 15) is 0 Å². The van der Waals surface area contributed by atoms with Gasteiger partial charge in [-0.2, -0.15) is 0 Å². The number of methoxy groups -OCH3 is 1. The van der Waals surface area contributed by atoms with E-state index in [0.717, 1.165) is 39.2 Å². The van der Waals surface area contributed by atoms with Gasteiger partial charge in [-0.25, -0.2) is 4.98 Å². The second kappa shape index (κ2) is 8.28. The molecule has 0 amide bonds. The van der Waals surface area contributed by atoms with E-state index in [0.29, 0.717) is 6.61 Å². The van der Waals surface area contributed by atoms with Crippen LogP contribution in [0.5, 0.6) is 11.5 Å². The summed E-state index contributed by atoms with van der Waals surface area (Å²) in [5.74, 6) is 7.93. The first-order valence-corrected chi connectivity index (χ1v) is 9.04. The Labute approximate surface area is 164 Å². The average Bonchev–Trinajstić information content (AvgIpc) is 2.77. The zero-order valence-electron chi connectivity index (χ0n) is 15.6. The summed E-state index contributed by atoms with van der Waals surface area (Å²) in [5.41, 5.74) is 3.77. The van der Waals surface area contributed by atoms with E-state index in [1.165, 1.54) is 0 Å². The van der Waals surface area contributed by atoms with Crippen LogP contribution < -0.4 is 9.47 Å². The predicted octanol–water partition coefficient (Wildman–Crippen LogP) is 5.22. The van der Waals surface area contributed by atoms with Gasteiger partial charge >= 0.3 is 0 Å². The molecular formula is C25H19NO2. The number of hydrogen-bond acceptors (Lipinski definition) is 3. The summed E-state index contributed by atoms with van der Waals surface area (Å²) in [6.45, 7) is 0.432. The molecule has 28 heavy (non-hydrogen) atoms. The fraction of sp³-hybridized carbons (Fsp3) is 0.0800. The number of pyridine rings is 1. The number of hydrogen-bond donors (Lipinski definition) is 0. The molecule has 4 rings (SSSR count). The van der Waals surface area contributed by atoms with Crippen molar-refractivity contribution in [3.63, 3.8) is 0 Å². The normalized spacial score (nSPS) is 10.2. The maximum absolute atomic E-state index is 5.86.